The molecule has 5 nitrogen and oxygen atoms in total. The highest BCUT2D eigenvalue weighted by atomic mass is 16.3. The first kappa shape index (κ1) is 17.7. The SMILES string of the molecule is Cc1ccc(CN(N)/C=C(\N)c2cc(C(C)C)c(O)cc2O)cc1. The van der Waals surface area contributed by atoms with Crippen LogP contribution in [0.2, 0.25) is 0 Å². The van der Waals surface area contributed by atoms with Gasteiger partial charge in [0.05, 0.1) is 12.2 Å². The molecule has 6 N–H and O–H groups in total. The van der Waals surface area contributed by atoms with Crippen LogP contribution in [-0.4, -0.2) is 15.2 Å². The van der Waals surface area contributed by atoms with Crippen LogP contribution in [0.1, 0.15) is 42.0 Å². The molecule has 0 spiro atoms. The largest absolute Gasteiger partial charge is 0.508 e. The van der Waals surface area contributed by atoms with Crippen molar-refractivity contribution in [3.63, 3.8) is 0 Å². The molecule has 0 aromatic heterocycles. The van der Waals surface area contributed by atoms with Crippen LogP contribution in [0, 0.1) is 6.92 Å². The third kappa shape index (κ3) is 4.20. The summed E-state index contributed by atoms with van der Waals surface area (Å²) in [6, 6.07) is 11.1. The summed E-state index contributed by atoms with van der Waals surface area (Å²) >= 11 is 0. The molecular formula is C19H25N3O2. The summed E-state index contributed by atoms with van der Waals surface area (Å²) in [6.07, 6.45) is 1.58. The number of aryl methyl sites for hydroxylation is 1. The van der Waals surface area contributed by atoms with Crippen LogP contribution in [0.5, 0.6) is 11.5 Å². The maximum atomic E-state index is 10.1. The molecule has 0 bridgehead atoms. The van der Waals surface area contributed by atoms with Crippen LogP contribution in [0.3, 0.4) is 0 Å². The number of hydrogen-bond donors (Lipinski definition) is 4. The van der Waals surface area contributed by atoms with Gasteiger partial charge >= 0.3 is 0 Å². The molecule has 0 aliphatic carbocycles. The Hall–Kier alpha value is -2.66. The molecule has 5 heteroatoms. The average molecular weight is 327 g/mol. The predicted molar refractivity (Wildman–Crippen MR) is 96.9 cm³/mol. The molecule has 0 saturated heterocycles. The van der Waals surface area contributed by atoms with Crippen molar-refractivity contribution in [3.05, 3.63) is 64.9 Å². The minimum atomic E-state index is -0.0746. The minimum Gasteiger partial charge on any atom is -0.508 e. The molecule has 0 saturated carbocycles. The predicted octanol–water partition coefficient (Wildman–Crippen LogP) is 3.16. The van der Waals surface area contributed by atoms with Crippen LogP contribution in [-0.2, 0) is 6.54 Å². The highest BCUT2D eigenvalue weighted by Crippen LogP contribution is 2.34. The highest BCUT2D eigenvalue weighted by Gasteiger charge is 2.13. The Morgan fingerprint density at radius 3 is 2.33 bits per heavy atom. The van der Waals surface area contributed by atoms with Gasteiger partial charge in [0.1, 0.15) is 11.5 Å². The average Bonchev–Trinajstić information content (AvgIpc) is 2.49. The Labute approximate surface area is 142 Å². The molecule has 0 radical (unpaired) electrons. The van der Waals surface area contributed by atoms with Gasteiger partial charge in [0, 0.05) is 17.8 Å². The lowest BCUT2D eigenvalue weighted by molar-refractivity contribution is 0.387. The van der Waals surface area contributed by atoms with E-state index in [1.807, 2.05) is 45.0 Å². The summed E-state index contributed by atoms with van der Waals surface area (Å²) in [5.41, 5.74) is 9.85. The van der Waals surface area contributed by atoms with Gasteiger partial charge in [-0.3, -0.25) is 0 Å². The molecule has 0 atom stereocenters. The van der Waals surface area contributed by atoms with Crippen LogP contribution >= 0.6 is 0 Å². The van der Waals surface area contributed by atoms with E-state index in [2.05, 4.69) is 0 Å². The number of phenols is 2. The molecule has 0 heterocycles. The van der Waals surface area contributed by atoms with E-state index in [-0.39, 0.29) is 17.4 Å². The number of phenolic OH excluding ortho intramolecular Hbond substituents is 2. The van der Waals surface area contributed by atoms with Gasteiger partial charge < -0.3 is 21.0 Å². The van der Waals surface area contributed by atoms with Crippen LogP contribution in [0.4, 0.5) is 0 Å². The fourth-order valence-corrected chi connectivity index (χ4v) is 2.49. The normalized spacial score (nSPS) is 11.8. The zero-order valence-electron chi connectivity index (χ0n) is 14.3. The fourth-order valence-electron chi connectivity index (χ4n) is 2.49. The van der Waals surface area contributed by atoms with Crippen molar-refractivity contribution in [1.29, 1.82) is 0 Å². The second-order valence-corrected chi connectivity index (χ2v) is 6.33. The van der Waals surface area contributed by atoms with Crippen molar-refractivity contribution in [3.8, 4) is 11.5 Å². The summed E-state index contributed by atoms with van der Waals surface area (Å²) in [4.78, 5) is 0. The highest BCUT2D eigenvalue weighted by molar-refractivity contribution is 5.70. The smallest absolute Gasteiger partial charge is 0.128 e. The van der Waals surface area contributed by atoms with Crippen molar-refractivity contribution in [2.45, 2.75) is 33.2 Å². The molecule has 0 fully saturated rings. The van der Waals surface area contributed by atoms with E-state index in [4.69, 9.17) is 11.6 Å². The molecule has 2 rings (SSSR count). The van der Waals surface area contributed by atoms with Gasteiger partial charge in [-0.25, -0.2) is 5.84 Å². The molecule has 0 aliphatic rings. The number of nitrogens with zero attached hydrogens (tertiary/aromatic N) is 1. The zero-order valence-corrected chi connectivity index (χ0v) is 14.3. The zero-order chi connectivity index (χ0) is 17.9. The van der Waals surface area contributed by atoms with Crippen molar-refractivity contribution < 1.29 is 10.2 Å². The number of rotatable bonds is 5. The first-order valence-electron chi connectivity index (χ1n) is 7.88. The lowest BCUT2D eigenvalue weighted by atomic mass is 9.98. The molecule has 0 amide bonds. The van der Waals surface area contributed by atoms with Gasteiger partial charge in [0.25, 0.3) is 0 Å². The lowest BCUT2D eigenvalue weighted by Crippen LogP contribution is -2.25. The molecule has 128 valence electrons. The van der Waals surface area contributed by atoms with Crippen molar-refractivity contribution in [2.24, 2.45) is 11.6 Å². The van der Waals surface area contributed by atoms with Gasteiger partial charge in [-0.05, 0) is 30.0 Å². The summed E-state index contributed by atoms with van der Waals surface area (Å²) < 4.78 is 0. The number of aromatic hydroxyl groups is 2. The van der Waals surface area contributed by atoms with E-state index in [0.29, 0.717) is 17.8 Å². The van der Waals surface area contributed by atoms with E-state index in [1.54, 1.807) is 12.3 Å². The van der Waals surface area contributed by atoms with Gasteiger partial charge in [-0.2, -0.15) is 0 Å². The molecule has 0 unspecified atom stereocenters. The quantitative estimate of drug-likeness (QED) is 0.500. The number of hydrogen-bond acceptors (Lipinski definition) is 5. The first-order valence-corrected chi connectivity index (χ1v) is 7.88. The lowest BCUT2D eigenvalue weighted by Gasteiger charge is -2.17. The summed E-state index contributed by atoms with van der Waals surface area (Å²) in [5.74, 6) is 6.10. The van der Waals surface area contributed by atoms with Gasteiger partial charge in [0.15, 0.2) is 0 Å². The maximum absolute atomic E-state index is 10.1. The van der Waals surface area contributed by atoms with E-state index in [1.165, 1.54) is 16.6 Å². The molecule has 0 aliphatic heterocycles. The summed E-state index contributed by atoms with van der Waals surface area (Å²) in [7, 11) is 0. The Morgan fingerprint density at radius 1 is 1.12 bits per heavy atom. The Kier molecular flexibility index (Phi) is 5.36. The molecular weight excluding hydrogens is 302 g/mol. The van der Waals surface area contributed by atoms with Crippen molar-refractivity contribution >= 4 is 5.70 Å². The van der Waals surface area contributed by atoms with Crippen molar-refractivity contribution in [2.75, 3.05) is 0 Å². The second-order valence-electron chi connectivity index (χ2n) is 6.33. The summed E-state index contributed by atoms with van der Waals surface area (Å²) in [5, 5.41) is 21.4. The summed E-state index contributed by atoms with van der Waals surface area (Å²) in [6.45, 7) is 6.45. The van der Waals surface area contributed by atoms with E-state index in [9.17, 15) is 10.2 Å². The monoisotopic (exact) mass is 327 g/mol. The Bertz CT molecular complexity index is 737. The first-order chi connectivity index (χ1) is 11.3. The molecule has 2 aromatic carbocycles. The molecule has 24 heavy (non-hydrogen) atoms. The minimum absolute atomic E-state index is 0.0586. The standard InChI is InChI=1S/C19H25N3O2/c1-12(2)15-8-16(19(24)9-18(15)23)17(20)11-22(21)10-14-6-4-13(3)5-7-14/h4-9,11-12,23-24H,10,20-21H2,1-3H3/b17-11-. The van der Waals surface area contributed by atoms with Crippen LogP contribution in [0.25, 0.3) is 5.70 Å². The van der Waals surface area contributed by atoms with E-state index < -0.39 is 0 Å². The van der Waals surface area contributed by atoms with E-state index >= 15 is 0 Å². The van der Waals surface area contributed by atoms with Gasteiger partial charge in [0.2, 0.25) is 0 Å². The number of hydrazine groups is 1. The van der Waals surface area contributed by atoms with Gasteiger partial charge in [-0.1, -0.05) is 43.7 Å². The van der Waals surface area contributed by atoms with Crippen LogP contribution in [0.15, 0.2) is 42.6 Å². The second kappa shape index (κ2) is 7.27. The number of nitrogens with two attached hydrogens (primary N) is 2. The topological polar surface area (TPSA) is 95.7 Å². The Morgan fingerprint density at radius 2 is 1.75 bits per heavy atom. The third-order valence-corrected chi connectivity index (χ3v) is 3.87. The number of benzene rings is 2. The van der Waals surface area contributed by atoms with Crippen molar-refractivity contribution in [1.82, 2.24) is 5.01 Å². The fraction of sp³-hybridized carbons (Fsp3) is 0.263. The molecule has 2 aromatic rings. The third-order valence-electron chi connectivity index (χ3n) is 3.87. The Balaban J connectivity index is 2.23. The van der Waals surface area contributed by atoms with E-state index in [0.717, 1.165) is 11.1 Å². The maximum Gasteiger partial charge on any atom is 0.128 e. The van der Waals surface area contributed by atoms with Gasteiger partial charge in [-0.15, -0.1) is 0 Å². The van der Waals surface area contributed by atoms with Crippen LogP contribution < -0.4 is 11.6 Å².